The molecule has 2 heterocycles. The van der Waals surface area contributed by atoms with E-state index in [1.165, 1.54) is 6.33 Å². The van der Waals surface area contributed by atoms with E-state index in [1.807, 2.05) is 31.7 Å². The molecule has 0 aromatic carbocycles. The zero-order valence-electron chi connectivity index (χ0n) is 12.5. The number of hydrogen-bond acceptors (Lipinski definition) is 6. The first-order valence-corrected chi connectivity index (χ1v) is 6.84. The topological polar surface area (TPSA) is 82.4 Å². The molecule has 112 valence electrons. The number of hydrogen-bond donors (Lipinski definition) is 0. The lowest BCUT2D eigenvalue weighted by molar-refractivity contribution is 0.0240. The molecular weight excluding hydrogens is 270 g/mol. The maximum atomic E-state index is 12.0. The summed E-state index contributed by atoms with van der Waals surface area (Å²) >= 11 is 0. The lowest BCUT2D eigenvalue weighted by Gasteiger charge is -2.36. The molecule has 21 heavy (non-hydrogen) atoms. The Bertz CT molecular complexity index is 553. The second-order valence-corrected chi connectivity index (χ2v) is 5.83. The van der Waals surface area contributed by atoms with Crippen molar-refractivity contribution in [3.8, 4) is 6.07 Å². The average Bonchev–Trinajstić information content (AvgIpc) is 2.46. The first-order chi connectivity index (χ1) is 9.89. The summed E-state index contributed by atoms with van der Waals surface area (Å²) in [4.78, 5) is 23.7. The molecule has 0 unspecified atom stereocenters. The van der Waals surface area contributed by atoms with Gasteiger partial charge in [-0.25, -0.2) is 14.8 Å². The average molecular weight is 289 g/mol. The van der Waals surface area contributed by atoms with Gasteiger partial charge < -0.3 is 14.5 Å². The first-order valence-electron chi connectivity index (χ1n) is 6.84. The summed E-state index contributed by atoms with van der Waals surface area (Å²) in [5.74, 6) is 0.713. The standard InChI is InChI=1S/C14H19N5O2/c1-14(2,3)21-13(20)19-6-4-18(5-7-19)12-8-11(9-15)16-10-17-12/h8,10H,4-7H2,1-3H3. The van der Waals surface area contributed by atoms with E-state index in [1.54, 1.807) is 11.0 Å². The molecular formula is C14H19N5O2. The highest BCUT2D eigenvalue weighted by molar-refractivity contribution is 5.68. The zero-order chi connectivity index (χ0) is 15.5. The van der Waals surface area contributed by atoms with Gasteiger partial charge in [-0.05, 0) is 20.8 Å². The molecule has 0 aliphatic carbocycles. The van der Waals surface area contributed by atoms with Gasteiger partial charge in [0.1, 0.15) is 29.5 Å². The van der Waals surface area contributed by atoms with E-state index in [2.05, 4.69) is 9.97 Å². The van der Waals surface area contributed by atoms with Crippen molar-refractivity contribution in [1.82, 2.24) is 14.9 Å². The Morgan fingerprint density at radius 1 is 1.29 bits per heavy atom. The van der Waals surface area contributed by atoms with Gasteiger partial charge in [-0.2, -0.15) is 5.26 Å². The van der Waals surface area contributed by atoms with E-state index in [4.69, 9.17) is 10.00 Å². The van der Waals surface area contributed by atoms with Crippen LogP contribution in [0.2, 0.25) is 0 Å². The second kappa shape index (κ2) is 5.95. The molecule has 0 bridgehead atoms. The third kappa shape index (κ3) is 4.05. The van der Waals surface area contributed by atoms with Gasteiger partial charge in [0.2, 0.25) is 0 Å². The van der Waals surface area contributed by atoms with E-state index < -0.39 is 5.60 Å². The smallest absolute Gasteiger partial charge is 0.410 e. The molecule has 0 saturated carbocycles. The molecule has 7 nitrogen and oxygen atoms in total. The van der Waals surface area contributed by atoms with Crippen LogP contribution in [0.1, 0.15) is 26.5 Å². The number of ether oxygens (including phenoxy) is 1. The summed E-state index contributed by atoms with van der Waals surface area (Å²) in [5.41, 5.74) is -0.141. The highest BCUT2D eigenvalue weighted by Gasteiger charge is 2.26. The van der Waals surface area contributed by atoms with Crippen molar-refractivity contribution in [3.05, 3.63) is 18.1 Å². The van der Waals surface area contributed by atoms with Crippen molar-refractivity contribution in [3.63, 3.8) is 0 Å². The van der Waals surface area contributed by atoms with E-state index >= 15 is 0 Å². The number of piperazine rings is 1. The van der Waals surface area contributed by atoms with Crippen LogP contribution in [0.3, 0.4) is 0 Å². The van der Waals surface area contributed by atoms with Gasteiger partial charge in [0, 0.05) is 32.2 Å². The predicted octanol–water partition coefficient (Wildman–Crippen LogP) is 1.41. The third-order valence-electron chi connectivity index (χ3n) is 3.02. The number of carbonyl (C=O) groups excluding carboxylic acids is 1. The van der Waals surface area contributed by atoms with Crippen LogP contribution in [0.25, 0.3) is 0 Å². The minimum atomic E-state index is -0.484. The van der Waals surface area contributed by atoms with Gasteiger partial charge in [0.05, 0.1) is 0 Å². The molecule has 7 heteroatoms. The number of amides is 1. The quantitative estimate of drug-likeness (QED) is 0.777. The summed E-state index contributed by atoms with van der Waals surface area (Å²) in [6, 6.07) is 3.65. The maximum absolute atomic E-state index is 12.0. The van der Waals surface area contributed by atoms with E-state index in [-0.39, 0.29) is 6.09 Å². The number of nitrogens with zero attached hydrogens (tertiary/aromatic N) is 5. The highest BCUT2D eigenvalue weighted by Crippen LogP contribution is 2.16. The molecule has 1 amide bonds. The van der Waals surface area contributed by atoms with Gasteiger partial charge in [-0.3, -0.25) is 0 Å². The summed E-state index contributed by atoms with van der Waals surface area (Å²) in [5, 5.41) is 8.86. The lowest BCUT2D eigenvalue weighted by Crippen LogP contribution is -2.50. The molecule has 1 aliphatic rings. The Labute approximate surface area is 124 Å². The van der Waals surface area contributed by atoms with Gasteiger partial charge in [-0.15, -0.1) is 0 Å². The molecule has 0 radical (unpaired) electrons. The number of carbonyl (C=O) groups is 1. The molecule has 0 N–H and O–H groups in total. The Morgan fingerprint density at radius 2 is 1.95 bits per heavy atom. The molecule has 1 fully saturated rings. The Kier molecular flexibility index (Phi) is 4.26. The predicted molar refractivity (Wildman–Crippen MR) is 76.8 cm³/mol. The van der Waals surface area contributed by atoms with Crippen molar-refractivity contribution in [1.29, 1.82) is 5.26 Å². The molecule has 2 rings (SSSR count). The molecule has 1 aromatic rings. The molecule has 1 saturated heterocycles. The zero-order valence-corrected chi connectivity index (χ0v) is 12.5. The van der Waals surface area contributed by atoms with E-state index in [0.717, 1.165) is 0 Å². The lowest BCUT2D eigenvalue weighted by atomic mass is 10.2. The van der Waals surface area contributed by atoms with Crippen molar-refractivity contribution in [2.75, 3.05) is 31.1 Å². The molecule has 0 spiro atoms. The molecule has 1 aromatic heterocycles. The van der Waals surface area contributed by atoms with Gasteiger partial charge in [0.15, 0.2) is 0 Å². The number of nitriles is 1. The van der Waals surface area contributed by atoms with E-state index in [0.29, 0.717) is 37.7 Å². The molecule has 1 aliphatic heterocycles. The normalized spacial score (nSPS) is 15.5. The number of rotatable bonds is 1. The van der Waals surface area contributed by atoms with Crippen LogP contribution in [-0.4, -0.2) is 52.7 Å². The van der Waals surface area contributed by atoms with Crippen LogP contribution in [0.5, 0.6) is 0 Å². The monoisotopic (exact) mass is 289 g/mol. The van der Waals surface area contributed by atoms with E-state index in [9.17, 15) is 4.79 Å². The van der Waals surface area contributed by atoms with Crippen molar-refractivity contribution >= 4 is 11.9 Å². The second-order valence-electron chi connectivity index (χ2n) is 5.83. The van der Waals surface area contributed by atoms with Crippen molar-refractivity contribution < 1.29 is 9.53 Å². The third-order valence-corrected chi connectivity index (χ3v) is 3.02. The maximum Gasteiger partial charge on any atom is 0.410 e. The minimum absolute atomic E-state index is 0.289. The van der Waals surface area contributed by atoms with Gasteiger partial charge in [0.25, 0.3) is 0 Å². The van der Waals surface area contributed by atoms with Crippen LogP contribution in [0.4, 0.5) is 10.6 Å². The number of anilines is 1. The summed E-state index contributed by atoms with van der Waals surface area (Å²) in [6.07, 6.45) is 1.09. The fourth-order valence-electron chi connectivity index (χ4n) is 2.03. The fourth-order valence-corrected chi connectivity index (χ4v) is 2.03. The van der Waals surface area contributed by atoms with Crippen LogP contribution < -0.4 is 4.90 Å². The van der Waals surface area contributed by atoms with Crippen LogP contribution in [0, 0.1) is 11.3 Å². The Balaban J connectivity index is 1.94. The van der Waals surface area contributed by atoms with Crippen LogP contribution in [0.15, 0.2) is 12.4 Å². The molecule has 0 atom stereocenters. The van der Waals surface area contributed by atoms with Crippen molar-refractivity contribution in [2.45, 2.75) is 26.4 Å². The SMILES string of the molecule is CC(C)(C)OC(=O)N1CCN(c2cc(C#N)ncn2)CC1. The fraction of sp³-hybridized carbons (Fsp3) is 0.571. The first kappa shape index (κ1) is 15.0. The van der Waals surface area contributed by atoms with Crippen LogP contribution >= 0.6 is 0 Å². The Morgan fingerprint density at radius 3 is 2.52 bits per heavy atom. The Hall–Kier alpha value is -2.36. The number of aromatic nitrogens is 2. The highest BCUT2D eigenvalue weighted by atomic mass is 16.6. The summed E-state index contributed by atoms with van der Waals surface area (Å²) in [6.45, 7) is 8.01. The van der Waals surface area contributed by atoms with Gasteiger partial charge in [-0.1, -0.05) is 0 Å². The van der Waals surface area contributed by atoms with Gasteiger partial charge >= 0.3 is 6.09 Å². The van der Waals surface area contributed by atoms with Crippen molar-refractivity contribution in [2.24, 2.45) is 0 Å². The van der Waals surface area contributed by atoms with Crippen LogP contribution in [-0.2, 0) is 4.74 Å². The minimum Gasteiger partial charge on any atom is -0.444 e. The summed E-state index contributed by atoms with van der Waals surface area (Å²) < 4.78 is 5.35. The largest absolute Gasteiger partial charge is 0.444 e. The summed E-state index contributed by atoms with van der Waals surface area (Å²) in [7, 11) is 0.